The van der Waals surface area contributed by atoms with Crippen molar-refractivity contribution >= 4 is 21.6 Å². The molecule has 0 spiro atoms. The summed E-state index contributed by atoms with van der Waals surface area (Å²) in [5, 5.41) is -0.231. The zero-order valence-corrected chi connectivity index (χ0v) is 14.0. The lowest BCUT2D eigenvalue weighted by Gasteiger charge is -2.21. The highest BCUT2D eigenvalue weighted by molar-refractivity contribution is 7.88. The molecule has 1 atom stereocenters. The summed E-state index contributed by atoms with van der Waals surface area (Å²) >= 11 is 0. The summed E-state index contributed by atoms with van der Waals surface area (Å²) in [5.74, 6) is -0.309. The number of carbonyl (C=O) groups excluding carboxylic acids is 1. The van der Waals surface area contributed by atoms with Crippen LogP contribution in [0.3, 0.4) is 0 Å². The Hall–Kier alpha value is -2.12. The van der Waals surface area contributed by atoms with Gasteiger partial charge in [-0.3, -0.25) is 4.79 Å². The molecule has 0 fully saturated rings. The minimum absolute atomic E-state index is 0.00101. The quantitative estimate of drug-likeness (QED) is 0.862. The van der Waals surface area contributed by atoms with E-state index >= 15 is 0 Å². The first-order valence-corrected chi connectivity index (χ1v) is 8.70. The van der Waals surface area contributed by atoms with Gasteiger partial charge in [-0.15, -0.1) is 0 Å². The van der Waals surface area contributed by atoms with E-state index in [0.29, 0.717) is 0 Å². The van der Waals surface area contributed by atoms with Crippen LogP contribution >= 0.6 is 0 Å². The molecular formula is C16H18N2O4S. The fraction of sp³-hybridized carbons (Fsp3) is 0.312. The van der Waals surface area contributed by atoms with Crippen LogP contribution in [0.1, 0.15) is 23.0 Å². The van der Waals surface area contributed by atoms with Gasteiger partial charge in [0.1, 0.15) is 0 Å². The molecule has 7 heteroatoms. The molecule has 6 nitrogen and oxygen atoms in total. The number of para-hydroxylation sites is 1. The third kappa shape index (κ3) is 2.55. The van der Waals surface area contributed by atoms with E-state index in [9.17, 15) is 13.2 Å². The molecule has 0 saturated carbocycles. The maximum Gasteiger partial charge on any atom is 0.294 e. The molecule has 0 unspecified atom stereocenters. The second-order valence-corrected chi connectivity index (χ2v) is 7.85. The fourth-order valence-electron chi connectivity index (χ4n) is 2.75. The van der Waals surface area contributed by atoms with Crippen LogP contribution in [0.4, 0.5) is 5.69 Å². The van der Waals surface area contributed by atoms with Gasteiger partial charge in [0.25, 0.3) is 15.9 Å². The molecule has 0 bridgehead atoms. The Labute approximate surface area is 135 Å². The van der Waals surface area contributed by atoms with Crippen LogP contribution in [0.25, 0.3) is 0 Å². The Bertz CT molecular complexity index is 854. The highest BCUT2D eigenvalue weighted by atomic mass is 32.2. The van der Waals surface area contributed by atoms with E-state index in [-0.39, 0.29) is 22.8 Å². The number of hydrogen-bond donors (Lipinski definition) is 0. The van der Waals surface area contributed by atoms with Crippen LogP contribution in [-0.2, 0) is 16.4 Å². The zero-order valence-electron chi connectivity index (χ0n) is 13.2. The van der Waals surface area contributed by atoms with Crippen molar-refractivity contribution in [2.75, 3.05) is 19.0 Å². The highest BCUT2D eigenvalue weighted by Gasteiger charge is 2.33. The van der Waals surface area contributed by atoms with Crippen molar-refractivity contribution in [3.05, 3.63) is 47.7 Å². The van der Waals surface area contributed by atoms with Gasteiger partial charge in [-0.25, -0.2) is 12.7 Å². The zero-order chi connectivity index (χ0) is 16.8. The van der Waals surface area contributed by atoms with E-state index in [2.05, 4.69) is 0 Å². The number of fused-ring (bicyclic) bond motifs is 1. The maximum absolute atomic E-state index is 12.8. The number of carbonyl (C=O) groups is 1. The van der Waals surface area contributed by atoms with E-state index in [1.165, 1.54) is 26.2 Å². The van der Waals surface area contributed by atoms with Gasteiger partial charge in [0.2, 0.25) is 5.09 Å². The lowest BCUT2D eigenvalue weighted by Crippen LogP contribution is -2.35. The minimum Gasteiger partial charge on any atom is -0.438 e. The van der Waals surface area contributed by atoms with Crippen molar-refractivity contribution in [1.29, 1.82) is 0 Å². The van der Waals surface area contributed by atoms with Gasteiger partial charge in [-0.1, -0.05) is 18.2 Å². The van der Waals surface area contributed by atoms with Crippen LogP contribution < -0.4 is 4.90 Å². The van der Waals surface area contributed by atoms with E-state index < -0.39 is 10.0 Å². The van der Waals surface area contributed by atoms with Gasteiger partial charge < -0.3 is 9.32 Å². The number of hydrogen-bond acceptors (Lipinski definition) is 4. The normalized spacial score (nSPS) is 17.6. The monoisotopic (exact) mass is 334 g/mol. The molecule has 3 rings (SSSR count). The number of amides is 1. The van der Waals surface area contributed by atoms with Crippen LogP contribution in [0.2, 0.25) is 0 Å². The summed E-state index contributed by atoms with van der Waals surface area (Å²) in [4.78, 5) is 14.4. The van der Waals surface area contributed by atoms with Crippen LogP contribution in [0, 0.1) is 0 Å². The lowest BCUT2D eigenvalue weighted by molar-refractivity contribution is 0.0949. The van der Waals surface area contributed by atoms with Crippen molar-refractivity contribution in [2.24, 2.45) is 0 Å². The summed E-state index contributed by atoms with van der Waals surface area (Å²) < 4.78 is 30.5. The average molecular weight is 334 g/mol. The number of anilines is 1. The number of rotatable bonds is 3. The molecule has 1 aliphatic heterocycles. The molecule has 0 saturated heterocycles. The average Bonchev–Trinajstić information content (AvgIpc) is 3.10. The van der Waals surface area contributed by atoms with Gasteiger partial charge >= 0.3 is 0 Å². The third-order valence-electron chi connectivity index (χ3n) is 3.95. The van der Waals surface area contributed by atoms with E-state index in [1.54, 1.807) is 4.90 Å². The molecule has 2 heterocycles. The Morgan fingerprint density at radius 3 is 2.61 bits per heavy atom. The van der Waals surface area contributed by atoms with E-state index in [4.69, 9.17) is 4.42 Å². The molecule has 1 amide bonds. The number of benzene rings is 1. The molecule has 2 aromatic rings. The van der Waals surface area contributed by atoms with Crippen molar-refractivity contribution in [1.82, 2.24) is 4.31 Å². The lowest BCUT2D eigenvalue weighted by atomic mass is 10.1. The standard InChI is InChI=1S/C16H18N2O4S/c1-11-10-12-6-4-5-7-13(12)18(11)16(19)14-8-9-15(22-14)23(20,21)17(2)3/h4-9,11H,10H2,1-3H3/t11-/m0/s1. The van der Waals surface area contributed by atoms with E-state index in [1.807, 2.05) is 31.2 Å². The maximum atomic E-state index is 12.8. The van der Waals surface area contributed by atoms with Crippen LogP contribution in [0.5, 0.6) is 0 Å². The van der Waals surface area contributed by atoms with Gasteiger partial charge in [-0.2, -0.15) is 0 Å². The Morgan fingerprint density at radius 2 is 1.91 bits per heavy atom. The largest absolute Gasteiger partial charge is 0.438 e. The summed E-state index contributed by atoms with van der Waals surface area (Å²) in [6, 6.07) is 10.4. The second-order valence-electron chi connectivity index (χ2n) is 5.76. The Morgan fingerprint density at radius 1 is 1.22 bits per heavy atom. The van der Waals surface area contributed by atoms with Gasteiger partial charge in [0, 0.05) is 25.8 Å². The Kier molecular flexibility index (Phi) is 3.77. The topological polar surface area (TPSA) is 70.8 Å². The van der Waals surface area contributed by atoms with Gasteiger partial charge in [0.05, 0.1) is 0 Å². The number of nitrogens with zero attached hydrogens (tertiary/aromatic N) is 2. The van der Waals surface area contributed by atoms with Crippen molar-refractivity contribution < 1.29 is 17.6 Å². The Balaban J connectivity index is 1.95. The summed E-state index contributed by atoms with van der Waals surface area (Å²) in [6.07, 6.45) is 0.769. The van der Waals surface area contributed by atoms with E-state index in [0.717, 1.165) is 22.0 Å². The molecular weight excluding hydrogens is 316 g/mol. The minimum atomic E-state index is -3.69. The molecule has 0 aliphatic carbocycles. The molecule has 23 heavy (non-hydrogen) atoms. The number of furan rings is 1. The smallest absolute Gasteiger partial charge is 0.294 e. The predicted molar refractivity (Wildman–Crippen MR) is 86.0 cm³/mol. The second kappa shape index (κ2) is 5.50. The first kappa shape index (κ1) is 15.8. The van der Waals surface area contributed by atoms with Crippen LogP contribution in [0.15, 0.2) is 45.9 Å². The first-order valence-electron chi connectivity index (χ1n) is 7.26. The third-order valence-corrected chi connectivity index (χ3v) is 5.64. The van der Waals surface area contributed by atoms with Crippen molar-refractivity contribution in [3.63, 3.8) is 0 Å². The van der Waals surface area contributed by atoms with Crippen LogP contribution in [-0.4, -0.2) is 38.8 Å². The van der Waals surface area contributed by atoms with Gasteiger partial charge in [-0.05, 0) is 37.1 Å². The molecule has 1 aromatic carbocycles. The van der Waals surface area contributed by atoms with Crippen molar-refractivity contribution in [3.8, 4) is 0 Å². The SMILES string of the molecule is C[C@H]1Cc2ccccc2N1C(=O)c1ccc(S(=O)(=O)N(C)C)o1. The van der Waals surface area contributed by atoms with Crippen molar-refractivity contribution in [2.45, 2.75) is 24.5 Å². The molecule has 1 aliphatic rings. The summed E-state index contributed by atoms with van der Waals surface area (Å²) in [6.45, 7) is 1.96. The highest BCUT2D eigenvalue weighted by Crippen LogP contribution is 2.33. The summed E-state index contributed by atoms with van der Waals surface area (Å²) in [5.41, 5.74) is 1.94. The molecule has 1 aromatic heterocycles. The fourth-order valence-corrected chi connectivity index (χ4v) is 3.54. The first-order chi connectivity index (χ1) is 10.8. The molecule has 0 radical (unpaired) electrons. The molecule has 122 valence electrons. The summed E-state index contributed by atoms with van der Waals surface area (Å²) in [7, 11) is -0.862. The molecule has 0 N–H and O–H groups in total. The van der Waals surface area contributed by atoms with Gasteiger partial charge in [0.15, 0.2) is 5.76 Å². The predicted octanol–water partition coefficient (Wildman–Crippen LogP) is 2.12. The number of sulfonamides is 1.